The number of carbonyl (C=O) groups is 2. The van der Waals surface area contributed by atoms with Crippen molar-refractivity contribution in [3.8, 4) is 11.8 Å². The van der Waals surface area contributed by atoms with Gasteiger partial charge < -0.3 is 30.9 Å². The molecular weight excluding hydrogens is 630 g/mol. The molecule has 258 valence electrons. The van der Waals surface area contributed by atoms with Gasteiger partial charge in [-0.15, -0.1) is 0 Å². The van der Waals surface area contributed by atoms with Gasteiger partial charge in [-0.05, 0) is 75.1 Å². The quantitative estimate of drug-likeness (QED) is 0.211. The molecule has 1 atom stereocenters. The molecule has 2 heterocycles. The van der Waals surface area contributed by atoms with E-state index in [9.17, 15) is 18.4 Å². The van der Waals surface area contributed by atoms with Crippen LogP contribution in [-0.2, 0) is 14.3 Å². The average molecular weight is 677 g/mol. The van der Waals surface area contributed by atoms with Crippen LogP contribution in [-0.4, -0.2) is 77.4 Å². The van der Waals surface area contributed by atoms with Crippen LogP contribution in [0.5, 0.6) is 0 Å². The van der Waals surface area contributed by atoms with Gasteiger partial charge in [-0.25, -0.2) is 18.6 Å². The number of nitrogens with two attached hydrogens (primary N) is 1. The Hall–Kier alpha value is -4.35. The lowest BCUT2D eigenvalue weighted by Gasteiger charge is -2.35. The van der Waals surface area contributed by atoms with E-state index >= 15 is 0 Å². The lowest BCUT2D eigenvalue weighted by molar-refractivity contribution is -0.121. The van der Waals surface area contributed by atoms with Crippen molar-refractivity contribution in [2.75, 3.05) is 31.6 Å². The highest BCUT2D eigenvalue weighted by molar-refractivity contribution is 8.26. The molecule has 2 fully saturated rings. The number of hydrogen-bond donors (Lipinski definition) is 3. The third kappa shape index (κ3) is 10.9. The molecule has 14 heteroatoms. The number of anilines is 1. The summed E-state index contributed by atoms with van der Waals surface area (Å²) in [5.41, 5.74) is 7.33. The molecule has 4 rings (SSSR count). The topological polar surface area (TPSA) is 165 Å². The largest absolute Gasteiger partial charge is 0.495 e. The molecule has 2 aliphatic heterocycles. The van der Waals surface area contributed by atoms with E-state index in [1.807, 2.05) is 13.8 Å². The number of ether oxygens (including phenoxy) is 2. The van der Waals surface area contributed by atoms with Gasteiger partial charge in [0.25, 0.3) is 6.43 Å². The maximum atomic E-state index is 13.8. The third-order valence-electron chi connectivity index (χ3n) is 6.72. The number of alkyl halides is 2. The first-order chi connectivity index (χ1) is 21.8. The number of hydrogen-bond acceptors (Lipinski definition) is 8. The number of amides is 2. The van der Waals surface area contributed by atoms with E-state index in [-0.39, 0.29) is 54.1 Å². The third-order valence-corrected chi connectivity index (χ3v) is 7.32. The first kappa shape index (κ1) is 38.8. The second kappa shape index (κ2) is 17.0. The average Bonchev–Trinajstić information content (AvgIpc) is 3.84. The molecule has 1 saturated carbocycles. The van der Waals surface area contributed by atoms with Gasteiger partial charge in [0, 0.05) is 43.5 Å². The van der Waals surface area contributed by atoms with Gasteiger partial charge in [0.15, 0.2) is 5.17 Å². The standard InChI is InChI=1S/C31H36F2N6O4S.C2H6.H2O.H2/c1-18(37-29(35)44-26(34)11-8-19-6-7-19)21-10-9-20(14-22(21)23-15-24(28(32)33)36-16-25(23)42-5)39-13-12-38(17-27(39)40)30(41)43-31(2,3)4;1-2;;/h9-10,14-16,19,24,28,34,36H,1,6-7,12-13,17H2,2-5H3,(H2,35,37);1-2H3;1H2;1H. The Morgan fingerprint density at radius 1 is 1.28 bits per heavy atom. The number of amidine groups is 1. The highest BCUT2D eigenvalue weighted by atomic mass is 32.2. The number of piperazine rings is 1. The fourth-order valence-electron chi connectivity index (χ4n) is 4.44. The maximum Gasteiger partial charge on any atom is 0.410 e. The summed E-state index contributed by atoms with van der Waals surface area (Å²) in [5.74, 6) is 6.06. The predicted molar refractivity (Wildman–Crippen MR) is 186 cm³/mol. The second-order valence-electron chi connectivity index (χ2n) is 11.4. The highest BCUT2D eigenvalue weighted by Gasteiger charge is 2.32. The molecular formula is C33H46F2N6O5S. The van der Waals surface area contributed by atoms with Crippen LogP contribution in [0.1, 0.15) is 60.0 Å². The monoisotopic (exact) mass is 676 g/mol. The van der Waals surface area contributed by atoms with Crippen molar-refractivity contribution >= 4 is 50.9 Å². The molecule has 2 amide bonds. The summed E-state index contributed by atoms with van der Waals surface area (Å²) < 4.78 is 38.5. The summed E-state index contributed by atoms with van der Waals surface area (Å²) in [5, 5.41) is 10.8. The molecule has 1 saturated heterocycles. The molecule has 1 aromatic rings. The Labute approximate surface area is 280 Å². The van der Waals surface area contributed by atoms with E-state index in [4.69, 9.17) is 20.6 Å². The molecule has 1 aromatic carbocycles. The van der Waals surface area contributed by atoms with Crippen molar-refractivity contribution in [1.29, 1.82) is 5.41 Å². The summed E-state index contributed by atoms with van der Waals surface area (Å²) in [6, 6.07) is 3.75. The molecule has 0 radical (unpaired) electrons. The number of benzene rings is 1. The molecule has 1 aliphatic carbocycles. The minimum absolute atomic E-state index is 0. The molecule has 47 heavy (non-hydrogen) atoms. The highest BCUT2D eigenvalue weighted by Crippen LogP contribution is 2.36. The van der Waals surface area contributed by atoms with Gasteiger partial charge >= 0.3 is 6.09 Å². The van der Waals surface area contributed by atoms with Crippen LogP contribution in [0.3, 0.4) is 0 Å². The van der Waals surface area contributed by atoms with Gasteiger partial charge in [0.05, 0.1) is 12.8 Å². The Bertz CT molecular complexity index is 1510. The van der Waals surface area contributed by atoms with E-state index in [1.165, 1.54) is 29.2 Å². The number of nitrogens with one attached hydrogen (secondary N) is 2. The Morgan fingerprint density at radius 3 is 2.53 bits per heavy atom. The first-order valence-electron chi connectivity index (χ1n) is 15.0. The molecule has 0 bridgehead atoms. The molecule has 6 N–H and O–H groups in total. The SMILES string of the molecule is C=C(N=C(N)SC(=N)C#CC1CC1)c1ccc(N2CCN(C(=O)OC(C)(C)C)CC2=O)cc1C1=CC(C(F)F)NC=C1OC.CC.O.[HH]. The zero-order valence-corrected chi connectivity index (χ0v) is 28.4. The molecule has 0 aromatic heterocycles. The van der Waals surface area contributed by atoms with Crippen molar-refractivity contribution in [3.05, 3.63) is 53.9 Å². The number of halogens is 2. The number of carbonyl (C=O) groups excluding carboxylic acids is 2. The molecule has 0 spiro atoms. The number of methoxy groups -OCH3 is 1. The van der Waals surface area contributed by atoms with Crippen molar-refractivity contribution in [2.24, 2.45) is 16.6 Å². The number of dihydropyridines is 1. The lowest BCUT2D eigenvalue weighted by atomic mass is 9.93. The van der Waals surface area contributed by atoms with Crippen LogP contribution in [0.15, 0.2) is 47.8 Å². The van der Waals surface area contributed by atoms with E-state index in [0.717, 1.165) is 24.6 Å². The first-order valence-corrected chi connectivity index (χ1v) is 15.8. The number of thioether (sulfide) groups is 1. The minimum atomic E-state index is -2.70. The van der Waals surface area contributed by atoms with Crippen molar-refractivity contribution in [3.63, 3.8) is 0 Å². The minimum Gasteiger partial charge on any atom is -0.495 e. The summed E-state index contributed by atoms with van der Waals surface area (Å²) in [7, 11) is 1.42. The van der Waals surface area contributed by atoms with Gasteiger partial charge in [0.2, 0.25) is 5.91 Å². The van der Waals surface area contributed by atoms with Gasteiger partial charge in [-0.3, -0.25) is 15.1 Å². The molecule has 3 aliphatic rings. The van der Waals surface area contributed by atoms with Crippen molar-refractivity contribution < 1.29 is 34.7 Å². The Kier molecular flexibility index (Phi) is 14.0. The Morgan fingerprint density at radius 2 is 1.96 bits per heavy atom. The fourth-order valence-corrected chi connectivity index (χ4v) is 4.92. The number of allylic oxidation sites excluding steroid dienone is 1. The van der Waals surface area contributed by atoms with Crippen LogP contribution in [0.25, 0.3) is 11.3 Å². The summed E-state index contributed by atoms with van der Waals surface area (Å²) in [4.78, 5) is 33.0. The van der Waals surface area contributed by atoms with Crippen LogP contribution in [0, 0.1) is 23.2 Å². The predicted octanol–water partition coefficient (Wildman–Crippen LogP) is 5.24. The molecule has 1 unspecified atom stereocenters. The van der Waals surface area contributed by atoms with Crippen molar-refractivity contribution in [2.45, 2.75) is 65.5 Å². The Balaban J connectivity index is 0.00000283. The van der Waals surface area contributed by atoms with E-state index in [2.05, 4.69) is 28.7 Å². The fraction of sp³-hybridized carbons (Fsp3) is 0.455. The van der Waals surface area contributed by atoms with Crippen LogP contribution in [0.4, 0.5) is 19.3 Å². The number of nitrogens with zero attached hydrogens (tertiary/aromatic N) is 3. The van der Waals surface area contributed by atoms with Crippen molar-refractivity contribution in [1.82, 2.24) is 10.2 Å². The van der Waals surface area contributed by atoms with Gasteiger partial charge in [-0.2, -0.15) is 0 Å². The lowest BCUT2D eigenvalue weighted by Crippen LogP contribution is -2.53. The number of aliphatic imine (C=N–C) groups is 1. The zero-order chi connectivity index (χ0) is 34.2. The zero-order valence-electron chi connectivity index (χ0n) is 27.6. The second-order valence-corrected chi connectivity index (χ2v) is 12.4. The van der Waals surface area contributed by atoms with Crippen LogP contribution in [0.2, 0.25) is 0 Å². The summed E-state index contributed by atoms with van der Waals surface area (Å²) in [6.45, 7) is 13.6. The van der Waals surface area contributed by atoms with E-state index in [1.54, 1.807) is 39.0 Å². The summed E-state index contributed by atoms with van der Waals surface area (Å²) in [6.07, 6.45) is 1.50. The maximum absolute atomic E-state index is 13.8. The number of rotatable bonds is 6. The van der Waals surface area contributed by atoms with Crippen LogP contribution >= 0.6 is 11.8 Å². The van der Waals surface area contributed by atoms with E-state index < -0.39 is 24.2 Å². The van der Waals surface area contributed by atoms with Gasteiger partial charge in [-0.1, -0.05) is 32.4 Å². The van der Waals surface area contributed by atoms with Crippen LogP contribution < -0.4 is 16.0 Å². The van der Waals surface area contributed by atoms with Gasteiger partial charge in [0.1, 0.15) is 29.0 Å². The summed E-state index contributed by atoms with van der Waals surface area (Å²) >= 11 is 0.896. The smallest absolute Gasteiger partial charge is 0.410 e. The normalized spacial score (nSPS) is 17.9. The van der Waals surface area contributed by atoms with E-state index in [0.29, 0.717) is 28.3 Å². The molecule has 11 nitrogen and oxygen atoms in total.